The van der Waals surface area contributed by atoms with Crippen LogP contribution in [0.4, 0.5) is 4.39 Å². The molecule has 0 aromatic heterocycles. The monoisotopic (exact) mass is 295 g/mol. The van der Waals surface area contributed by atoms with E-state index in [1.165, 1.54) is 25.7 Å². The number of benzene rings is 1. The maximum Gasteiger partial charge on any atom is 0.126 e. The summed E-state index contributed by atoms with van der Waals surface area (Å²) in [6.45, 7) is 4.98. The predicted molar refractivity (Wildman–Crippen MR) is 86.9 cm³/mol. The van der Waals surface area contributed by atoms with Gasteiger partial charge in [0.1, 0.15) is 5.82 Å². The van der Waals surface area contributed by atoms with E-state index in [1.54, 1.807) is 6.07 Å². The molecule has 1 unspecified atom stereocenters. The molecule has 1 aliphatic carbocycles. The molecule has 3 heteroatoms. The van der Waals surface area contributed by atoms with Crippen LogP contribution in [0.1, 0.15) is 56.2 Å². The number of thioether (sulfide) groups is 1. The quantitative estimate of drug-likeness (QED) is 0.771. The van der Waals surface area contributed by atoms with Crippen LogP contribution in [0.3, 0.4) is 0 Å². The summed E-state index contributed by atoms with van der Waals surface area (Å²) >= 11 is 2.06. The summed E-state index contributed by atoms with van der Waals surface area (Å²) in [5.41, 5.74) is 1.82. The van der Waals surface area contributed by atoms with Crippen molar-refractivity contribution < 1.29 is 4.39 Å². The van der Waals surface area contributed by atoms with E-state index in [1.807, 2.05) is 13.0 Å². The Hall–Kier alpha value is -0.540. The third-order valence-electron chi connectivity index (χ3n) is 4.04. The second-order valence-corrected chi connectivity index (χ2v) is 7.09. The van der Waals surface area contributed by atoms with Gasteiger partial charge in [0.25, 0.3) is 0 Å². The Morgan fingerprint density at radius 3 is 2.75 bits per heavy atom. The molecule has 20 heavy (non-hydrogen) atoms. The zero-order valence-electron chi connectivity index (χ0n) is 12.6. The molecule has 1 aromatic rings. The van der Waals surface area contributed by atoms with Crippen LogP contribution < -0.4 is 5.32 Å². The van der Waals surface area contributed by atoms with Crippen molar-refractivity contribution in [3.63, 3.8) is 0 Å². The van der Waals surface area contributed by atoms with Gasteiger partial charge in [0, 0.05) is 17.0 Å². The largest absolute Gasteiger partial charge is 0.309 e. The van der Waals surface area contributed by atoms with E-state index in [2.05, 4.69) is 30.1 Å². The van der Waals surface area contributed by atoms with Crippen LogP contribution in [-0.4, -0.2) is 17.5 Å². The van der Waals surface area contributed by atoms with E-state index >= 15 is 0 Å². The lowest BCUT2D eigenvalue weighted by Crippen LogP contribution is -2.25. The molecule has 1 aromatic carbocycles. The first-order valence-electron chi connectivity index (χ1n) is 7.81. The highest BCUT2D eigenvalue weighted by atomic mass is 32.2. The highest BCUT2D eigenvalue weighted by Gasteiger charge is 2.19. The normalized spacial score (nSPS) is 17.6. The summed E-state index contributed by atoms with van der Waals surface area (Å²) in [6, 6.07) is 5.94. The molecular formula is C17H26FNS. The Labute approximate surface area is 126 Å². The van der Waals surface area contributed by atoms with Gasteiger partial charge in [-0.05, 0) is 49.9 Å². The van der Waals surface area contributed by atoms with Gasteiger partial charge in [0.2, 0.25) is 0 Å². The second-order valence-electron chi connectivity index (χ2n) is 5.76. The van der Waals surface area contributed by atoms with E-state index in [0.717, 1.165) is 35.1 Å². The molecule has 0 saturated heterocycles. The van der Waals surface area contributed by atoms with Gasteiger partial charge < -0.3 is 5.32 Å². The van der Waals surface area contributed by atoms with Gasteiger partial charge in [0.15, 0.2) is 0 Å². The number of hydrogen-bond donors (Lipinski definition) is 1. The van der Waals surface area contributed by atoms with Crippen LogP contribution in [0, 0.1) is 12.7 Å². The van der Waals surface area contributed by atoms with E-state index < -0.39 is 0 Å². The number of halogens is 1. The fourth-order valence-corrected chi connectivity index (χ4v) is 4.15. The summed E-state index contributed by atoms with van der Waals surface area (Å²) < 4.78 is 13.8. The van der Waals surface area contributed by atoms with E-state index in [0.29, 0.717) is 0 Å². The third kappa shape index (κ3) is 4.49. The van der Waals surface area contributed by atoms with Crippen molar-refractivity contribution in [2.24, 2.45) is 0 Å². The van der Waals surface area contributed by atoms with Gasteiger partial charge >= 0.3 is 0 Å². The molecule has 0 amide bonds. The van der Waals surface area contributed by atoms with Gasteiger partial charge in [-0.15, -0.1) is 0 Å². The molecule has 0 spiro atoms. The lowest BCUT2D eigenvalue weighted by molar-refractivity contribution is 0.565. The summed E-state index contributed by atoms with van der Waals surface area (Å²) in [5.74, 6) is 0.962. The molecule has 0 bridgehead atoms. The topological polar surface area (TPSA) is 12.0 Å². The SMILES string of the molecule is CCCNC(CSC1CCCC1)c1ccc(C)c(F)c1. The van der Waals surface area contributed by atoms with Crippen molar-refractivity contribution in [1.82, 2.24) is 5.32 Å². The van der Waals surface area contributed by atoms with Crippen molar-refractivity contribution in [3.05, 3.63) is 35.1 Å². The minimum atomic E-state index is -0.0864. The van der Waals surface area contributed by atoms with Gasteiger partial charge in [-0.2, -0.15) is 11.8 Å². The van der Waals surface area contributed by atoms with E-state index in [4.69, 9.17) is 0 Å². The molecule has 1 atom stereocenters. The fourth-order valence-electron chi connectivity index (χ4n) is 2.70. The average molecular weight is 295 g/mol. The average Bonchev–Trinajstić information content (AvgIpc) is 2.95. The first kappa shape index (κ1) is 15.8. The molecule has 2 rings (SSSR count). The molecule has 1 nitrogen and oxygen atoms in total. The van der Waals surface area contributed by atoms with Crippen LogP contribution >= 0.6 is 11.8 Å². The van der Waals surface area contributed by atoms with E-state index in [9.17, 15) is 4.39 Å². The van der Waals surface area contributed by atoms with Crippen LogP contribution in [0.5, 0.6) is 0 Å². The standard InChI is InChI=1S/C17H26FNS/c1-3-10-19-17(12-20-15-6-4-5-7-15)14-9-8-13(2)16(18)11-14/h8-9,11,15,17,19H,3-7,10,12H2,1-2H3. The number of rotatable bonds is 7. The highest BCUT2D eigenvalue weighted by molar-refractivity contribution is 7.99. The van der Waals surface area contributed by atoms with Crippen molar-refractivity contribution in [2.75, 3.05) is 12.3 Å². The Kier molecular flexibility index (Phi) is 6.37. The van der Waals surface area contributed by atoms with Crippen LogP contribution in [0.25, 0.3) is 0 Å². The predicted octanol–water partition coefficient (Wildman–Crippen LogP) is 4.85. The number of nitrogens with one attached hydrogen (secondary N) is 1. The van der Waals surface area contributed by atoms with Gasteiger partial charge in [-0.1, -0.05) is 31.9 Å². The summed E-state index contributed by atoms with van der Waals surface area (Å²) in [4.78, 5) is 0. The van der Waals surface area contributed by atoms with Crippen molar-refractivity contribution >= 4 is 11.8 Å². The van der Waals surface area contributed by atoms with Gasteiger partial charge in [-0.25, -0.2) is 4.39 Å². The Bertz CT molecular complexity index is 415. The lowest BCUT2D eigenvalue weighted by atomic mass is 10.1. The molecular weight excluding hydrogens is 269 g/mol. The Balaban J connectivity index is 1.99. The number of aryl methyl sites for hydroxylation is 1. The molecule has 1 N–H and O–H groups in total. The zero-order valence-corrected chi connectivity index (χ0v) is 13.4. The van der Waals surface area contributed by atoms with E-state index in [-0.39, 0.29) is 11.9 Å². The zero-order chi connectivity index (χ0) is 14.4. The maximum absolute atomic E-state index is 13.8. The lowest BCUT2D eigenvalue weighted by Gasteiger charge is -2.21. The van der Waals surface area contributed by atoms with Crippen LogP contribution in [0.15, 0.2) is 18.2 Å². The smallest absolute Gasteiger partial charge is 0.126 e. The van der Waals surface area contributed by atoms with Crippen molar-refractivity contribution in [1.29, 1.82) is 0 Å². The summed E-state index contributed by atoms with van der Waals surface area (Å²) in [6.07, 6.45) is 6.58. The fraction of sp³-hybridized carbons (Fsp3) is 0.647. The third-order valence-corrected chi connectivity index (χ3v) is 5.51. The molecule has 0 radical (unpaired) electrons. The van der Waals surface area contributed by atoms with Crippen molar-refractivity contribution in [3.8, 4) is 0 Å². The minimum absolute atomic E-state index is 0.0864. The molecule has 112 valence electrons. The highest BCUT2D eigenvalue weighted by Crippen LogP contribution is 2.32. The van der Waals surface area contributed by atoms with Gasteiger partial charge in [0.05, 0.1) is 0 Å². The first-order chi connectivity index (χ1) is 9.70. The first-order valence-corrected chi connectivity index (χ1v) is 8.86. The molecule has 1 saturated carbocycles. The Morgan fingerprint density at radius 2 is 2.10 bits per heavy atom. The summed E-state index contributed by atoms with van der Waals surface area (Å²) in [7, 11) is 0. The van der Waals surface area contributed by atoms with Crippen molar-refractivity contribution in [2.45, 2.75) is 57.2 Å². The number of hydrogen-bond acceptors (Lipinski definition) is 2. The minimum Gasteiger partial charge on any atom is -0.309 e. The van der Waals surface area contributed by atoms with Crippen LogP contribution in [-0.2, 0) is 0 Å². The Morgan fingerprint density at radius 1 is 1.35 bits per heavy atom. The molecule has 0 heterocycles. The molecule has 0 aliphatic heterocycles. The van der Waals surface area contributed by atoms with Gasteiger partial charge in [-0.3, -0.25) is 0 Å². The summed E-state index contributed by atoms with van der Waals surface area (Å²) in [5, 5.41) is 4.38. The second kappa shape index (κ2) is 8.04. The maximum atomic E-state index is 13.8. The van der Waals surface area contributed by atoms with Crippen LogP contribution in [0.2, 0.25) is 0 Å². The molecule has 1 fully saturated rings. The molecule has 1 aliphatic rings.